The third kappa shape index (κ3) is 4.03. The molecule has 1 saturated heterocycles. The van der Waals surface area contributed by atoms with Crippen molar-refractivity contribution in [2.75, 3.05) is 36.5 Å². The molecule has 1 aliphatic rings. The molecule has 0 aliphatic carbocycles. The van der Waals surface area contributed by atoms with E-state index in [0.29, 0.717) is 32.0 Å². The summed E-state index contributed by atoms with van der Waals surface area (Å²) in [6.45, 7) is 1.98. The van der Waals surface area contributed by atoms with Crippen LogP contribution in [0.4, 0.5) is 24.7 Å². The van der Waals surface area contributed by atoms with Crippen LogP contribution in [0, 0.1) is 11.3 Å². The SMILES string of the molecule is N#Cc1nccnc1NCc1ccc(N2CCOCC2)cc1C(F)(F)F. The van der Waals surface area contributed by atoms with Crippen molar-refractivity contribution in [2.24, 2.45) is 0 Å². The van der Waals surface area contributed by atoms with Gasteiger partial charge in [-0.05, 0) is 17.7 Å². The molecular formula is C17H16F3N5O. The molecule has 1 N–H and O–H groups in total. The van der Waals surface area contributed by atoms with Crippen LogP contribution in [0.5, 0.6) is 0 Å². The van der Waals surface area contributed by atoms with Crippen LogP contribution in [0.15, 0.2) is 30.6 Å². The average Bonchev–Trinajstić information content (AvgIpc) is 2.66. The predicted molar refractivity (Wildman–Crippen MR) is 88.5 cm³/mol. The highest BCUT2D eigenvalue weighted by molar-refractivity contribution is 5.54. The molecule has 3 rings (SSSR count). The monoisotopic (exact) mass is 363 g/mol. The van der Waals surface area contributed by atoms with E-state index in [1.807, 2.05) is 11.0 Å². The molecule has 2 heterocycles. The summed E-state index contributed by atoms with van der Waals surface area (Å²) in [5, 5.41) is 11.8. The fourth-order valence-corrected chi connectivity index (χ4v) is 2.73. The molecule has 1 aliphatic heterocycles. The first-order valence-electron chi connectivity index (χ1n) is 7.97. The lowest BCUT2D eigenvalue weighted by atomic mass is 10.0. The number of nitrogens with zero attached hydrogens (tertiary/aromatic N) is 4. The fraction of sp³-hybridized carbons (Fsp3) is 0.353. The average molecular weight is 363 g/mol. The first kappa shape index (κ1) is 17.9. The molecule has 9 heteroatoms. The van der Waals surface area contributed by atoms with Crippen molar-refractivity contribution in [1.29, 1.82) is 5.26 Å². The first-order valence-corrected chi connectivity index (χ1v) is 7.97. The van der Waals surface area contributed by atoms with Crippen molar-refractivity contribution in [3.05, 3.63) is 47.4 Å². The van der Waals surface area contributed by atoms with E-state index in [0.717, 1.165) is 6.07 Å². The van der Waals surface area contributed by atoms with Gasteiger partial charge in [-0.2, -0.15) is 18.4 Å². The van der Waals surface area contributed by atoms with Crippen LogP contribution >= 0.6 is 0 Å². The minimum absolute atomic E-state index is 0.0333. The second-order valence-electron chi connectivity index (χ2n) is 5.66. The van der Waals surface area contributed by atoms with Gasteiger partial charge in [0, 0.05) is 37.7 Å². The topological polar surface area (TPSA) is 74.1 Å². The molecule has 6 nitrogen and oxygen atoms in total. The number of halogens is 3. The van der Waals surface area contributed by atoms with E-state index < -0.39 is 11.7 Å². The minimum Gasteiger partial charge on any atom is -0.378 e. The van der Waals surface area contributed by atoms with Crippen molar-refractivity contribution in [3.63, 3.8) is 0 Å². The molecule has 0 bridgehead atoms. The maximum absolute atomic E-state index is 13.5. The van der Waals surface area contributed by atoms with Crippen LogP contribution in [0.25, 0.3) is 0 Å². The van der Waals surface area contributed by atoms with Crippen molar-refractivity contribution < 1.29 is 17.9 Å². The molecule has 2 aromatic rings. The van der Waals surface area contributed by atoms with Gasteiger partial charge in [0.25, 0.3) is 0 Å². The molecule has 0 unspecified atom stereocenters. The Morgan fingerprint density at radius 1 is 1.19 bits per heavy atom. The maximum atomic E-state index is 13.5. The highest BCUT2D eigenvalue weighted by Crippen LogP contribution is 2.35. The standard InChI is InChI=1S/C17H16F3N5O/c18-17(19,20)14-9-13(25-5-7-26-8-6-25)2-1-12(14)11-24-16-15(10-21)22-3-4-23-16/h1-4,9H,5-8,11H2,(H,23,24). The smallest absolute Gasteiger partial charge is 0.378 e. The van der Waals surface area contributed by atoms with Crippen molar-refractivity contribution in [1.82, 2.24) is 9.97 Å². The van der Waals surface area contributed by atoms with E-state index in [2.05, 4.69) is 15.3 Å². The third-order valence-corrected chi connectivity index (χ3v) is 4.03. The van der Waals surface area contributed by atoms with Crippen molar-refractivity contribution >= 4 is 11.5 Å². The quantitative estimate of drug-likeness (QED) is 0.900. The number of aromatic nitrogens is 2. The molecule has 136 valence electrons. The number of hydrogen-bond acceptors (Lipinski definition) is 6. The van der Waals surface area contributed by atoms with E-state index in [4.69, 9.17) is 10.00 Å². The highest BCUT2D eigenvalue weighted by Gasteiger charge is 2.34. The summed E-state index contributed by atoms with van der Waals surface area (Å²) in [6, 6.07) is 6.12. The summed E-state index contributed by atoms with van der Waals surface area (Å²) in [6.07, 6.45) is -1.77. The number of hydrogen-bond donors (Lipinski definition) is 1. The van der Waals surface area contributed by atoms with Crippen LogP contribution in [-0.2, 0) is 17.5 Å². The van der Waals surface area contributed by atoms with Gasteiger partial charge in [0.2, 0.25) is 0 Å². The molecule has 0 atom stereocenters. The molecule has 1 fully saturated rings. The van der Waals surface area contributed by atoms with Gasteiger partial charge in [-0.1, -0.05) is 6.07 Å². The Hall–Kier alpha value is -2.86. The molecule has 0 radical (unpaired) electrons. The van der Waals surface area contributed by atoms with E-state index in [9.17, 15) is 13.2 Å². The van der Waals surface area contributed by atoms with Gasteiger partial charge in [0.15, 0.2) is 11.5 Å². The largest absolute Gasteiger partial charge is 0.416 e. The fourth-order valence-electron chi connectivity index (χ4n) is 2.73. The van der Waals surface area contributed by atoms with E-state index in [-0.39, 0.29) is 23.6 Å². The normalized spacial score (nSPS) is 14.8. The number of benzene rings is 1. The Kier molecular flexibility index (Phi) is 5.23. The Morgan fingerprint density at radius 2 is 1.92 bits per heavy atom. The Labute approximate surface area is 148 Å². The molecule has 0 saturated carbocycles. The number of ether oxygens (including phenoxy) is 1. The van der Waals surface area contributed by atoms with Crippen LogP contribution in [0.1, 0.15) is 16.8 Å². The van der Waals surface area contributed by atoms with E-state index in [1.165, 1.54) is 18.5 Å². The molecule has 1 aromatic heterocycles. The molecule has 26 heavy (non-hydrogen) atoms. The van der Waals surface area contributed by atoms with Crippen LogP contribution in [0.3, 0.4) is 0 Å². The molecular weight excluding hydrogens is 347 g/mol. The molecule has 0 spiro atoms. The minimum atomic E-state index is -4.49. The van der Waals surface area contributed by atoms with E-state index >= 15 is 0 Å². The van der Waals surface area contributed by atoms with Gasteiger partial charge in [-0.25, -0.2) is 9.97 Å². The van der Waals surface area contributed by atoms with Crippen LogP contribution in [-0.4, -0.2) is 36.3 Å². The van der Waals surface area contributed by atoms with Gasteiger partial charge in [-0.3, -0.25) is 0 Å². The van der Waals surface area contributed by atoms with Crippen molar-refractivity contribution in [2.45, 2.75) is 12.7 Å². The van der Waals surface area contributed by atoms with Crippen LogP contribution in [0.2, 0.25) is 0 Å². The molecule has 1 aromatic carbocycles. The summed E-state index contributed by atoms with van der Waals surface area (Å²) in [5.74, 6) is 0.153. The van der Waals surface area contributed by atoms with Crippen molar-refractivity contribution in [3.8, 4) is 6.07 Å². The predicted octanol–water partition coefficient (Wildman–Crippen LogP) is 2.82. The van der Waals surface area contributed by atoms with E-state index in [1.54, 1.807) is 6.07 Å². The number of alkyl halides is 3. The second kappa shape index (κ2) is 7.58. The van der Waals surface area contributed by atoms with Gasteiger partial charge in [0.1, 0.15) is 6.07 Å². The lowest BCUT2D eigenvalue weighted by molar-refractivity contribution is -0.138. The zero-order valence-electron chi connectivity index (χ0n) is 13.8. The molecule has 0 amide bonds. The summed E-state index contributed by atoms with van der Waals surface area (Å²) in [7, 11) is 0. The summed E-state index contributed by atoms with van der Waals surface area (Å²) < 4.78 is 45.8. The first-order chi connectivity index (χ1) is 12.5. The van der Waals surface area contributed by atoms with Gasteiger partial charge >= 0.3 is 6.18 Å². The zero-order valence-corrected chi connectivity index (χ0v) is 13.8. The lowest BCUT2D eigenvalue weighted by Crippen LogP contribution is -2.36. The number of morpholine rings is 1. The highest BCUT2D eigenvalue weighted by atomic mass is 19.4. The zero-order chi connectivity index (χ0) is 18.6. The second-order valence-corrected chi connectivity index (χ2v) is 5.66. The number of anilines is 2. The van der Waals surface area contributed by atoms with Gasteiger partial charge in [-0.15, -0.1) is 0 Å². The summed E-state index contributed by atoms with van der Waals surface area (Å²) in [5.41, 5.74) is -0.0898. The number of rotatable bonds is 4. The Balaban J connectivity index is 1.85. The summed E-state index contributed by atoms with van der Waals surface area (Å²) in [4.78, 5) is 9.64. The number of nitrogens with one attached hydrogen (secondary N) is 1. The Morgan fingerprint density at radius 3 is 2.62 bits per heavy atom. The third-order valence-electron chi connectivity index (χ3n) is 4.03. The lowest BCUT2D eigenvalue weighted by Gasteiger charge is -2.29. The van der Waals surface area contributed by atoms with Gasteiger partial charge in [0.05, 0.1) is 18.8 Å². The number of nitriles is 1. The maximum Gasteiger partial charge on any atom is 0.416 e. The summed E-state index contributed by atoms with van der Waals surface area (Å²) >= 11 is 0. The van der Waals surface area contributed by atoms with Gasteiger partial charge < -0.3 is 15.0 Å². The van der Waals surface area contributed by atoms with Crippen LogP contribution < -0.4 is 10.2 Å². The Bertz CT molecular complexity index is 813.